The quantitative estimate of drug-likeness (QED) is 0.639. The first-order valence-corrected chi connectivity index (χ1v) is 4.94. The number of hydrogen-bond donors (Lipinski definition) is 1. The molecule has 0 aliphatic carbocycles. The van der Waals surface area contributed by atoms with E-state index in [0.29, 0.717) is 6.04 Å². The normalized spacial score (nSPS) is 25.3. The van der Waals surface area contributed by atoms with Crippen LogP contribution in [-0.4, -0.2) is 5.54 Å². The minimum atomic E-state index is 0.244. The molecule has 1 nitrogen and oxygen atoms in total. The zero-order valence-electron chi connectivity index (χ0n) is 8.59. The molecule has 0 amide bonds. The van der Waals surface area contributed by atoms with Crippen LogP contribution < -0.4 is 5.32 Å². The summed E-state index contributed by atoms with van der Waals surface area (Å²) < 4.78 is 0. The number of nitrogens with one attached hydrogen (secondary N) is 1. The van der Waals surface area contributed by atoms with Crippen molar-refractivity contribution >= 4 is 0 Å². The lowest BCUT2D eigenvalue weighted by Crippen LogP contribution is -2.46. The number of rotatable bonds is 0. The van der Waals surface area contributed by atoms with Gasteiger partial charge in [0.25, 0.3) is 0 Å². The second-order valence-electron chi connectivity index (χ2n) is 4.63. The average Bonchev–Trinajstić information content (AvgIpc) is 2.02. The Morgan fingerprint density at radius 1 is 1.31 bits per heavy atom. The van der Waals surface area contributed by atoms with Gasteiger partial charge in [0.1, 0.15) is 0 Å². The van der Waals surface area contributed by atoms with Gasteiger partial charge in [0, 0.05) is 11.6 Å². The Bertz CT molecular complexity index is 315. The van der Waals surface area contributed by atoms with Gasteiger partial charge in [-0.2, -0.15) is 0 Å². The van der Waals surface area contributed by atoms with Crippen LogP contribution in [0.2, 0.25) is 0 Å². The van der Waals surface area contributed by atoms with Gasteiger partial charge < -0.3 is 5.32 Å². The molecule has 0 fully saturated rings. The van der Waals surface area contributed by atoms with E-state index >= 15 is 0 Å². The Morgan fingerprint density at radius 2 is 2.00 bits per heavy atom. The highest BCUT2D eigenvalue weighted by Gasteiger charge is 2.28. The van der Waals surface area contributed by atoms with E-state index in [1.54, 1.807) is 0 Å². The third kappa shape index (κ3) is 1.61. The van der Waals surface area contributed by atoms with Crippen molar-refractivity contribution in [2.24, 2.45) is 0 Å². The van der Waals surface area contributed by atoms with Crippen LogP contribution in [0.1, 0.15) is 37.9 Å². The van der Waals surface area contributed by atoms with Crippen molar-refractivity contribution in [2.45, 2.75) is 38.8 Å². The Hall–Kier alpha value is -0.820. The SMILES string of the molecule is C[C@@H]1NC(C)(C)Cc2ccccc21. The van der Waals surface area contributed by atoms with Crippen molar-refractivity contribution in [1.29, 1.82) is 0 Å². The molecule has 0 spiro atoms. The summed E-state index contributed by atoms with van der Waals surface area (Å²) in [7, 11) is 0. The largest absolute Gasteiger partial charge is 0.305 e. The fraction of sp³-hybridized carbons (Fsp3) is 0.500. The van der Waals surface area contributed by atoms with Gasteiger partial charge in [-0.1, -0.05) is 24.3 Å². The number of fused-ring (bicyclic) bond motifs is 1. The van der Waals surface area contributed by atoms with Gasteiger partial charge in [-0.25, -0.2) is 0 Å². The van der Waals surface area contributed by atoms with Gasteiger partial charge in [-0.3, -0.25) is 0 Å². The monoisotopic (exact) mass is 175 g/mol. The zero-order chi connectivity index (χ0) is 9.47. The van der Waals surface area contributed by atoms with Gasteiger partial charge in [0.05, 0.1) is 0 Å². The van der Waals surface area contributed by atoms with E-state index in [1.165, 1.54) is 11.1 Å². The number of hydrogen-bond acceptors (Lipinski definition) is 1. The Labute approximate surface area is 80.2 Å². The van der Waals surface area contributed by atoms with Gasteiger partial charge in [-0.05, 0) is 38.3 Å². The molecule has 1 aromatic rings. The summed E-state index contributed by atoms with van der Waals surface area (Å²) in [5, 5.41) is 3.61. The Kier molecular flexibility index (Phi) is 1.92. The minimum Gasteiger partial charge on any atom is -0.305 e. The first kappa shape index (κ1) is 8.76. The van der Waals surface area contributed by atoms with Crippen LogP contribution >= 0.6 is 0 Å². The molecule has 1 aliphatic rings. The van der Waals surface area contributed by atoms with E-state index in [0.717, 1.165) is 6.42 Å². The fourth-order valence-corrected chi connectivity index (χ4v) is 2.31. The summed E-state index contributed by atoms with van der Waals surface area (Å²) in [5.74, 6) is 0. The van der Waals surface area contributed by atoms with Crippen LogP contribution in [0.25, 0.3) is 0 Å². The summed E-state index contributed by atoms with van der Waals surface area (Å²) in [6.45, 7) is 6.76. The lowest BCUT2D eigenvalue weighted by atomic mass is 9.84. The molecule has 0 unspecified atom stereocenters. The molecular weight excluding hydrogens is 158 g/mol. The molecule has 13 heavy (non-hydrogen) atoms. The first-order valence-electron chi connectivity index (χ1n) is 4.94. The van der Waals surface area contributed by atoms with Gasteiger partial charge in [-0.15, -0.1) is 0 Å². The minimum absolute atomic E-state index is 0.244. The highest BCUT2D eigenvalue weighted by molar-refractivity contribution is 5.33. The molecular formula is C12H17N. The van der Waals surface area contributed by atoms with Crippen molar-refractivity contribution in [1.82, 2.24) is 5.32 Å². The zero-order valence-corrected chi connectivity index (χ0v) is 8.59. The molecule has 0 saturated heterocycles. The Balaban J connectivity index is 2.43. The highest BCUT2D eigenvalue weighted by Crippen LogP contribution is 2.29. The van der Waals surface area contributed by atoms with Crippen LogP contribution in [0.3, 0.4) is 0 Å². The lowest BCUT2D eigenvalue weighted by molar-refractivity contribution is 0.322. The topological polar surface area (TPSA) is 12.0 Å². The average molecular weight is 175 g/mol. The van der Waals surface area contributed by atoms with E-state index in [1.807, 2.05) is 0 Å². The first-order chi connectivity index (χ1) is 6.08. The Morgan fingerprint density at radius 3 is 2.77 bits per heavy atom. The molecule has 70 valence electrons. The molecule has 1 N–H and O–H groups in total. The van der Waals surface area contributed by atoms with Gasteiger partial charge >= 0.3 is 0 Å². The predicted octanol–water partition coefficient (Wildman–Crippen LogP) is 2.67. The highest BCUT2D eigenvalue weighted by atomic mass is 15.0. The molecule has 1 atom stereocenters. The predicted molar refractivity (Wildman–Crippen MR) is 55.8 cm³/mol. The third-order valence-corrected chi connectivity index (χ3v) is 2.76. The second kappa shape index (κ2) is 2.85. The van der Waals surface area contributed by atoms with Crippen LogP contribution in [0, 0.1) is 0 Å². The van der Waals surface area contributed by atoms with Gasteiger partial charge in [0.15, 0.2) is 0 Å². The summed E-state index contributed by atoms with van der Waals surface area (Å²) in [4.78, 5) is 0. The van der Waals surface area contributed by atoms with E-state index in [2.05, 4.69) is 50.4 Å². The maximum Gasteiger partial charge on any atom is 0.0299 e. The third-order valence-electron chi connectivity index (χ3n) is 2.76. The molecule has 1 aliphatic heterocycles. The van der Waals surface area contributed by atoms with Gasteiger partial charge in [0.2, 0.25) is 0 Å². The maximum atomic E-state index is 3.61. The summed E-state index contributed by atoms with van der Waals surface area (Å²) >= 11 is 0. The van der Waals surface area contributed by atoms with Crippen molar-refractivity contribution in [3.05, 3.63) is 35.4 Å². The van der Waals surface area contributed by atoms with Crippen LogP contribution in [0.5, 0.6) is 0 Å². The summed E-state index contributed by atoms with van der Waals surface area (Å²) in [5.41, 5.74) is 3.20. The van der Waals surface area contributed by atoms with E-state index in [-0.39, 0.29) is 5.54 Å². The van der Waals surface area contributed by atoms with Crippen molar-refractivity contribution in [3.8, 4) is 0 Å². The molecule has 0 bridgehead atoms. The second-order valence-corrected chi connectivity index (χ2v) is 4.63. The van der Waals surface area contributed by atoms with E-state index in [4.69, 9.17) is 0 Å². The molecule has 0 saturated carbocycles. The van der Waals surface area contributed by atoms with Crippen molar-refractivity contribution < 1.29 is 0 Å². The smallest absolute Gasteiger partial charge is 0.0299 e. The van der Waals surface area contributed by atoms with E-state index in [9.17, 15) is 0 Å². The van der Waals surface area contributed by atoms with E-state index < -0.39 is 0 Å². The maximum absolute atomic E-state index is 3.61. The van der Waals surface area contributed by atoms with Crippen molar-refractivity contribution in [3.63, 3.8) is 0 Å². The number of benzene rings is 1. The molecule has 1 heteroatoms. The molecule has 0 radical (unpaired) electrons. The molecule has 1 heterocycles. The molecule has 2 rings (SSSR count). The molecule has 0 aromatic heterocycles. The fourth-order valence-electron chi connectivity index (χ4n) is 2.31. The molecule has 1 aromatic carbocycles. The summed E-state index contributed by atoms with van der Waals surface area (Å²) in [6, 6.07) is 9.21. The van der Waals surface area contributed by atoms with Crippen LogP contribution in [0.4, 0.5) is 0 Å². The van der Waals surface area contributed by atoms with Crippen LogP contribution in [0.15, 0.2) is 24.3 Å². The lowest BCUT2D eigenvalue weighted by Gasteiger charge is -2.37. The standard InChI is InChI=1S/C12H17N/c1-9-11-7-5-4-6-10(11)8-12(2,3)13-9/h4-7,9,13H,8H2,1-3H3/t9-/m0/s1. The summed E-state index contributed by atoms with van der Waals surface area (Å²) in [6.07, 6.45) is 1.13. The van der Waals surface area contributed by atoms with Crippen molar-refractivity contribution in [2.75, 3.05) is 0 Å². The van der Waals surface area contributed by atoms with Crippen LogP contribution in [-0.2, 0) is 6.42 Å².